The Morgan fingerprint density at radius 1 is 1.42 bits per heavy atom. The molecule has 12 heavy (non-hydrogen) atoms. The van der Waals surface area contributed by atoms with Crippen LogP contribution < -0.4 is 0 Å². The molecule has 0 radical (unpaired) electrons. The molecule has 1 atom stereocenters. The molecule has 1 nitrogen and oxygen atoms in total. The van der Waals surface area contributed by atoms with Crippen molar-refractivity contribution in [2.24, 2.45) is 0 Å². The highest BCUT2D eigenvalue weighted by atomic mass is 16.1. The maximum atomic E-state index is 11.1. The fourth-order valence-electron chi connectivity index (χ4n) is 1.17. The van der Waals surface area contributed by atoms with Crippen molar-refractivity contribution in [2.45, 2.75) is 26.7 Å². The number of aryl methyl sites for hydroxylation is 1. The Morgan fingerprint density at radius 2 is 2.08 bits per heavy atom. The van der Waals surface area contributed by atoms with Crippen LogP contribution in [0.15, 0.2) is 24.3 Å². The molecule has 0 aliphatic carbocycles. The second-order valence-corrected chi connectivity index (χ2v) is 3.25. The fraction of sp³-hybridized carbons (Fsp3) is 0.364. The number of hydrogen-bond donors (Lipinski definition) is 0. The Morgan fingerprint density at radius 3 is 2.58 bits per heavy atom. The molecule has 0 saturated carbocycles. The molecule has 0 aliphatic heterocycles. The van der Waals surface area contributed by atoms with Crippen molar-refractivity contribution in [3.63, 3.8) is 0 Å². The summed E-state index contributed by atoms with van der Waals surface area (Å²) < 4.78 is 0. The summed E-state index contributed by atoms with van der Waals surface area (Å²) in [4.78, 5) is 11.1. The lowest BCUT2D eigenvalue weighted by atomic mass is 9.96. The van der Waals surface area contributed by atoms with Crippen molar-refractivity contribution in [1.82, 2.24) is 0 Å². The van der Waals surface area contributed by atoms with Gasteiger partial charge < -0.3 is 0 Å². The lowest BCUT2D eigenvalue weighted by molar-refractivity contribution is -0.118. The van der Waals surface area contributed by atoms with Crippen molar-refractivity contribution >= 4 is 5.78 Å². The third-order valence-corrected chi connectivity index (χ3v) is 2.15. The first-order valence-corrected chi connectivity index (χ1v) is 4.18. The predicted octanol–water partition coefficient (Wildman–Crippen LogP) is 2.69. The van der Waals surface area contributed by atoms with Crippen molar-refractivity contribution in [1.29, 1.82) is 0 Å². The van der Waals surface area contributed by atoms with Gasteiger partial charge in [-0.3, -0.25) is 4.79 Å². The number of rotatable bonds is 2. The Bertz CT molecular complexity index is 289. The first-order chi connectivity index (χ1) is 5.61. The van der Waals surface area contributed by atoms with Crippen LogP contribution in [-0.2, 0) is 4.79 Å². The molecule has 0 fully saturated rings. The monoisotopic (exact) mass is 162 g/mol. The van der Waals surface area contributed by atoms with Gasteiger partial charge in [-0.15, -0.1) is 0 Å². The van der Waals surface area contributed by atoms with E-state index in [2.05, 4.69) is 6.07 Å². The molecule has 0 N–H and O–H groups in total. The Kier molecular flexibility index (Phi) is 2.64. The lowest BCUT2D eigenvalue weighted by Gasteiger charge is -2.07. The number of carbonyl (C=O) groups is 1. The topological polar surface area (TPSA) is 17.1 Å². The summed E-state index contributed by atoms with van der Waals surface area (Å²) in [6.07, 6.45) is 0. The van der Waals surface area contributed by atoms with E-state index in [1.165, 1.54) is 5.56 Å². The van der Waals surface area contributed by atoms with E-state index in [-0.39, 0.29) is 11.7 Å². The number of Topliss-reactive ketones (excluding diaryl/α,β-unsaturated/α-hetero) is 1. The highest BCUT2D eigenvalue weighted by Gasteiger charge is 2.09. The van der Waals surface area contributed by atoms with E-state index < -0.39 is 0 Å². The molecule has 0 heterocycles. The van der Waals surface area contributed by atoms with Gasteiger partial charge in [0, 0.05) is 5.92 Å². The third kappa shape index (κ3) is 1.94. The molecule has 1 rings (SSSR count). The minimum Gasteiger partial charge on any atom is -0.299 e. The van der Waals surface area contributed by atoms with Gasteiger partial charge in [0.15, 0.2) is 0 Å². The number of hydrogen-bond acceptors (Lipinski definition) is 1. The lowest BCUT2D eigenvalue weighted by Crippen LogP contribution is -2.03. The van der Waals surface area contributed by atoms with E-state index in [4.69, 9.17) is 0 Å². The maximum Gasteiger partial charge on any atom is 0.136 e. The second kappa shape index (κ2) is 3.53. The Hall–Kier alpha value is -1.11. The average molecular weight is 162 g/mol. The van der Waals surface area contributed by atoms with Crippen LogP contribution in [0, 0.1) is 6.92 Å². The molecule has 1 unspecified atom stereocenters. The molecule has 0 saturated heterocycles. The van der Waals surface area contributed by atoms with Crippen molar-refractivity contribution in [3.8, 4) is 0 Å². The number of ketones is 1. The quantitative estimate of drug-likeness (QED) is 0.653. The molecule has 1 heteroatoms. The van der Waals surface area contributed by atoms with Gasteiger partial charge in [-0.1, -0.05) is 36.8 Å². The highest BCUT2D eigenvalue weighted by Crippen LogP contribution is 2.16. The van der Waals surface area contributed by atoms with Gasteiger partial charge in [0.05, 0.1) is 0 Å². The first-order valence-electron chi connectivity index (χ1n) is 4.18. The van der Waals surface area contributed by atoms with E-state index in [0.29, 0.717) is 0 Å². The zero-order valence-electron chi connectivity index (χ0n) is 7.79. The summed E-state index contributed by atoms with van der Waals surface area (Å²) in [5, 5.41) is 0. The molecule has 1 aromatic rings. The fourth-order valence-corrected chi connectivity index (χ4v) is 1.17. The Labute approximate surface area is 73.4 Å². The molecule has 0 spiro atoms. The predicted molar refractivity (Wildman–Crippen MR) is 50.3 cm³/mol. The van der Waals surface area contributed by atoms with E-state index in [1.54, 1.807) is 6.92 Å². The summed E-state index contributed by atoms with van der Waals surface area (Å²) in [6, 6.07) is 8.09. The second-order valence-electron chi connectivity index (χ2n) is 3.25. The highest BCUT2D eigenvalue weighted by molar-refractivity contribution is 5.82. The first kappa shape index (κ1) is 8.98. The summed E-state index contributed by atoms with van der Waals surface area (Å²) in [5.74, 6) is 0.255. The van der Waals surface area contributed by atoms with Crippen LogP contribution in [-0.4, -0.2) is 5.78 Å². The van der Waals surface area contributed by atoms with Gasteiger partial charge in [0.25, 0.3) is 0 Å². The molecular weight excluding hydrogens is 148 g/mol. The van der Waals surface area contributed by atoms with Gasteiger partial charge in [-0.25, -0.2) is 0 Å². The smallest absolute Gasteiger partial charge is 0.136 e. The van der Waals surface area contributed by atoms with Crippen LogP contribution in [0.4, 0.5) is 0 Å². The minimum atomic E-state index is 0.0323. The van der Waals surface area contributed by atoms with E-state index >= 15 is 0 Å². The standard InChI is InChI=1S/C11H14O/c1-8-5-4-6-11(7-8)9(2)10(3)12/h4-7,9H,1-3H3. The molecule has 0 aliphatic rings. The molecule has 1 aromatic carbocycles. The van der Waals surface area contributed by atoms with E-state index in [0.717, 1.165) is 5.56 Å². The molecule has 0 bridgehead atoms. The summed E-state index contributed by atoms with van der Waals surface area (Å²) >= 11 is 0. The zero-order chi connectivity index (χ0) is 9.14. The normalized spacial score (nSPS) is 12.6. The van der Waals surface area contributed by atoms with Crippen LogP contribution in [0.3, 0.4) is 0 Å². The van der Waals surface area contributed by atoms with Gasteiger partial charge in [-0.2, -0.15) is 0 Å². The molecule has 64 valence electrons. The van der Waals surface area contributed by atoms with Crippen LogP contribution in [0.25, 0.3) is 0 Å². The van der Waals surface area contributed by atoms with Crippen molar-refractivity contribution in [2.75, 3.05) is 0 Å². The summed E-state index contributed by atoms with van der Waals surface area (Å²) in [6.45, 7) is 5.61. The van der Waals surface area contributed by atoms with E-state index in [9.17, 15) is 4.79 Å². The molecule has 0 aromatic heterocycles. The van der Waals surface area contributed by atoms with Crippen LogP contribution in [0.5, 0.6) is 0 Å². The van der Waals surface area contributed by atoms with Crippen LogP contribution in [0.2, 0.25) is 0 Å². The summed E-state index contributed by atoms with van der Waals surface area (Å²) in [7, 11) is 0. The van der Waals surface area contributed by atoms with E-state index in [1.807, 2.05) is 32.0 Å². The van der Waals surface area contributed by atoms with Crippen LogP contribution in [0.1, 0.15) is 30.9 Å². The van der Waals surface area contributed by atoms with Crippen LogP contribution >= 0.6 is 0 Å². The number of carbonyl (C=O) groups excluding carboxylic acids is 1. The van der Waals surface area contributed by atoms with Gasteiger partial charge in [0.1, 0.15) is 5.78 Å². The Balaban J connectivity index is 2.95. The molecule has 0 amide bonds. The number of benzene rings is 1. The van der Waals surface area contributed by atoms with Crippen molar-refractivity contribution in [3.05, 3.63) is 35.4 Å². The van der Waals surface area contributed by atoms with Gasteiger partial charge >= 0.3 is 0 Å². The third-order valence-electron chi connectivity index (χ3n) is 2.15. The summed E-state index contributed by atoms with van der Waals surface area (Å²) in [5.41, 5.74) is 2.32. The van der Waals surface area contributed by atoms with Crippen molar-refractivity contribution < 1.29 is 4.79 Å². The molecular formula is C11H14O. The minimum absolute atomic E-state index is 0.0323. The van der Waals surface area contributed by atoms with Gasteiger partial charge in [0.2, 0.25) is 0 Å². The SMILES string of the molecule is CC(=O)C(C)c1cccc(C)c1. The average Bonchev–Trinajstić information content (AvgIpc) is 2.03. The zero-order valence-corrected chi connectivity index (χ0v) is 7.79. The largest absolute Gasteiger partial charge is 0.299 e. The van der Waals surface area contributed by atoms with Gasteiger partial charge in [-0.05, 0) is 19.4 Å². The maximum absolute atomic E-state index is 11.1.